The van der Waals surface area contributed by atoms with E-state index in [0.717, 1.165) is 18.7 Å². The standard InChI is InChI=1S/C10H16N2O3S2/c11-17(13,14)6-3-12-2-4-15-10(7-12)9-1-5-16-8-9/h1,5,8,10H,2-4,6-7H2,(H2,11,13,14)/t10-/m0/s1. The van der Waals surface area contributed by atoms with E-state index in [1.165, 1.54) is 0 Å². The molecule has 1 atom stereocenters. The van der Waals surface area contributed by atoms with Gasteiger partial charge in [0.1, 0.15) is 0 Å². The summed E-state index contributed by atoms with van der Waals surface area (Å²) < 4.78 is 27.5. The monoisotopic (exact) mass is 276 g/mol. The van der Waals surface area contributed by atoms with Crippen LogP contribution >= 0.6 is 11.3 Å². The fourth-order valence-electron chi connectivity index (χ4n) is 1.82. The number of primary sulfonamides is 1. The second-order valence-electron chi connectivity index (χ2n) is 4.08. The molecular weight excluding hydrogens is 260 g/mol. The minimum Gasteiger partial charge on any atom is -0.371 e. The van der Waals surface area contributed by atoms with Gasteiger partial charge in [0.2, 0.25) is 10.0 Å². The van der Waals surface area contributed by atoms with Crippen molar-refractivity contribution < 1.29 is 13.2 Å². The van der Waals surface area contributed by atoms with Crippen LogP contribution in [0.25, 0.3) is 0 Å². The summed E-state index contributed by atoms with van der Waals surface area (Å²) in [5.74, 6) is 0.00333. The SMILES string of the molecule is NS(=O)(=O)CCN1CCO[C@H](c2ccsc2)C1. The molecule has 1 aromatic heterocycles. The number of morpholine rings is 1. The van der Waals surface area contributed by atoms with Crippen molar-refractivity contribution in [3.05, 3.63) is 22.4 Å². The Labute approximate surface area is 105 Å². The predicted octanol–water partition coefficient (Wildman–Crippen LogP) is 0.410. The van der Waals surface area contributed by atoms with Crippen molar-refractivity contribution in [3.8, 4) is 0 Å². The van der Waals surface area contributed by atoms with Gasteiger partial charge in [0.05, 0.1) is 18.5 Å². The molecule has 1 aromatic rings. The third-order valence-electron chi connectivity index (χ3n) is 2.76. The Kier molecular flexibility index (Phi) is 4.16. The Morgan fingerprint density at radius 3 is 3.06 bits per heavy atom. The number of nitrogens with two attached hydrogens (primary N) is 1. The maximum absolute atomic E-state index is 10.9. The number of hydrogen-bond acceptors (Lipinski definition) is 5. The molecule has 1 fully saturated rings. The van der Waals surface area contributed by atoms with Crippen molar-refractivity contribution in [3.63, 3.8) is 0 Å². The Morgan fingerprint density at radius 1 is 1.59 bits per heavy atom. The lowest BCUT2D eigenvalue weighted by Crippen LogP contribution is -2.41. The van der Waals surface area contributed by atoms with E-state index in [-0.39, 0.29) is 11.9 Å². The molecule has 2 rings (SSSR count). The number of ether oxygens (including phenoxy) is 1. The van der Waals surface area contributed by atoms with E-state index in [9.17, 15) is 8.42 Å². The molecule has 1 saturated heterocycles. The van der Waals surface area contributed by atoms with Crippen LogP contribution in [0.1, 0.15) is 11.7 Å². The van der Waals surface area contributed by atoms with Gasteiger partial charge in [-0.05, 0) is 22.4 Å². The van der Waals surface area contributed by atoms with Crippen LogP contribution in [0.5, 0.6) is 0 Å². The molecular formula is C10H16N2O3S2. The fourth-order valence-corrected chi connectivity index (χ4v) is 3.04. The van der Waals surface area contributed by atoms with E-state index in [0.29, 0.717) is 13.2 Å². The van der Waals surface area contributed by atoms with Crippen LogP contribution < -0.4 is 5.14 Å². The van der Waals surface area contributed by atoms with Crippen molar-refractivity contribution in [1.82, 2.24) is 4.90 Å². The summed E-state index contributed by atoms with van der Waals surface area (Å²) in [6.45, 7) is 2.59. The van der Waals surface area contributed by atoms with Crippen molar-refractivity contribution in [2.24, 2.45) is 5.14 Å². The molecule has 0 unspecified atom stereocenters. The molecule has 7 heteroatoms. The summed E-state index contributed by atoms with van der Waals surface area (Å²) in [7, 11) is -3.38. The van der Waals surface area contributed by atoms with E-state index < -0.39 is 10.0 Å². The summed E-state index contributed by atoms with van der Waals surface area (Å²) in [6.07, 6.45) is 0.0514. The Morgan fingerprint density at radius 2 is 2.41 bits per heavy atom. The maximum atomic E-state index is 10.9. The molecule has 0 bridgehead atoms. The first-order valence-corrected chi connectivity index (χ1v) is 8.07. The minimum absolute atomic E-state index is 0.00333. The fraction of sp³-hybridized carbons (Fsp3) is 0.600. The second-order valence-corrected chi connectivity index (χ2v) is 6.60. The summed E-state index contributed by atoms with van der Waals surface area (Å²) in [6, 6.07) is 2.04. The lowest BCUT2D eigenvalue weighted by molar-refractivity contribution is -0.0277. The molecule has 1 aliphatic rings. The van der Waals surface area contributed by atoms with E-state index in [1.807, 2.05) is 11.4 Å². The van der Waals surface area contributed by atoms with Crippen LogP contribution in [-0.4, -0.2) is 45.3 Å². The zero-order valence-electron chi connectivity index (χ0n) is 9.41. The van der Waals surface area contributed by atoms with Crippen LogP contribution in [0.4, 0.5) is 0 Å². The highest BCUT2D eigenvalue weighted by molar-refractivity contribution is 7.89. The van der Waals surface area contributed by atoms with E-state index in [2.05, 4.69) is 10.3 Å². The summed E-state index contributed by atoms with van der Waals surface area (Å²) in [5, 5.41) is 9.08. The van der Waals surface area contributed by atoms with Crippen molar-refractivity contribution in [2.75, 3.05) is 32.0 Å². The number of hydrogen-bond donors (Lipinski definition) is 1. The van der Waals surface area contributed by atoms with Crippen LogP contribution in [0.15, 0.2) is 16.8 Å². The van der Waals surface area contributed by atoms with Crippen LogP contribution in [0, 0.1) is 0 Å². The summed E-state index contributed by atoms with van der Waals surface area (Å²) >= 11 is 1.64. The second kappa shape index (κ2) is 5.45. The molecule has 1 aliphatic heterocycles. The van der Waals surface area contributed by atoms with Gasteiger partial charge in [0.15, 0.2) is 0 Å². The largest absolute Gasteiger partial charge is 0.371 e. The van der Waals surface area contributed by atoms with Crippen molar-refractivity contribution in [2.45, 2.75) is 6.10 Å². The van der Waals surface area contributed by atoms with Gasteiger partial charge in [0.25, 0.3) is 0 Å². The third kappa shape index (κ3) is 4.04. The lowest BCUT2D eigenvalue weighted by atomic mass is 10.1. The van der Waals surface area contributed by atoms with Gasteiger partial charge in [-0.2, -0.15) is 11.3 Å². The first kappa shape index (κ1) is 13.0. The van der Waals surface area contributed by atoms with Crippen LogP contribution in [0.2, 0.25) is 0 Å². The molecule has 2 N–H and O–H groups in total. The number of thiophene rings is 1. The highest BCUT2D eigenvalue weighted by Crippen LogP contribution is 2.23. The van der Waals surface area contributed by atoms with E-state index in [4.69, 9.17) is 9.88 Å². The first-order chi connectivity index (χ1) is 8.04. The molecule has 0 amide bonds. The molecule has 0 aliphatic carbocycles. The molecule has 5 nitrogen and oxygen atoms in total. The number of nitrogens with zero attached hydrogens (tertiary/aromatic N) is 1. The molecule has 0 aromatic carbocycles. The van der Waals surface area contributed by atoms with Crippen LogP contribution in [0.3, 0.4) is 0 Å². The minimum atomic E-state index is -3.38. The summed E-state index contributed by atoms with van der Waals surface area (Å²) in [4.78, 5) is 2.08. The number of rotatable bonds is 4. The number of sulfonamides is 1. The predicted molar refractivity (Wildman–Crippen MR) is 67.4 cm³/mol. The van der Waals surface area contributed by atoms with Gasteiger partial charge < -0.3 is 4.74 Å². The molecule has 96 valence electrons. The maximum Gasteiger partial charge on any atom is 0.210 e. The Bertz CT molecular complexity index is 444. The average Bonchev–Trinajstić information content (AvgIpc) is 2.79. The average molecular weight is 276 g/mol. The molecule has 0 radical (unpaired) electrons. The van der Waals surface area contributed by atoms with Gasteiger partial charge in [-0.15, -0.1) is 0 Å². The molecule has 17 heavy (non-hydrogen) atoms. The quantitative estimate of drug-likeness (QED) is 0.864. The smallest absolute Gasteiger partial charge is 0.210 e. The van der Waals surface area contributed by atoms with Gasteiger partial charge in [-0.1, -0.05) is 0 Å². The van der Waals surface area contributed by atoms with E-state index in [1.54, 1.807) is 11.3 Å². The topological polar surface area (TPSA) is 72.6 Å². The van der Waals surface area contributed by atoms with Gasteiger partial charge in [-0.25, -0.2) is 13.6 Å². The Hall–Kier alpha value is -0.470. The van der Waals surface area contributed by atoms with E-state index >= 15 is 0 Å². The molecule has 2 heterocycles. The molecule has 0 saturated carbocycles. The van der Waals surface area contributed by atoms with Gasteiger partial charge in [-0.3, -0.25) is 4.90 Å². The zero-order chi connectivity index (χ0) is 12.3. The first-order valence-electron chi connectivity index (χ1n) is 5.41. The summed E-state index contributed by atoms with van der Waals surface area (Å²) in [5.41, 5.74) is 1.16. The van der Waals surface area contributed by atoms with Crippen molar-refractivity contribution in [1.29, 1.82) is 0 Å². The lowest BCUT2D eigenvalue weighted by Gasteiger charge is -2.32. The zero-order valence-corrected chi connectivity index (χ0v) is 11.0. The van der Waals surface area contributed by atoms with Gasteiger partial charge in [0, 0.05) is 19.6 Å². The Balaban J connectivity index is 1.89. The highest BCUT2D eigenvalue weighted by atomic mass is 32.2. The van der Waals surface area contributed by atoms with Crippen LogP contribution in [-0.2, 0) is 14.8 Å². The molecule has 0 spiro atoms. The third-order valence-corrected chi connectivity index (χ3v) is 4.21. The van der Waals surface area contributed by atoms with Crippen molar-refractivity contribution >= 4 is 21.4 Å². The highest BCUT2D eigenvalue weighted by Gasteiger charge is 2.22. The normalized spacial score (nSPS) is 22.8. The van der Waals surface area contributed by atoms with Gasteiger partial charge >= 0.3 is 0 Å².